The van der Waals surface area contributed by atoms with E-state index in [1.807, 2.05) is 48.5 Å². The number of carbonyl (C=O) groups excluding carboxylic acids is 1. The average molecular weight is 366 g/mol. The lowest BCUT2D eigenvalue weighted by atomic mass is 10.0. The summed E-state index contributed by atoms with van der Waals surface area (Å²) in [4.78, 5) is 12.0. The Morgan fingerprint density at radius 1 is 1.11 bits per heavy atom. The zero-order valence-electron chi connectivity index (χ0n) is 14.9. The maximum atomic E-state index is 12.0. The zero-order valence-corrected chi connectivity index (χ0v) is 14.9. The molecule has 0 saturated heterocycles. The molecular formula is C19H18N4O4. The summed E-state index contributed by atoms with van der Waals surface area (Å²) in [7, 11) is 2.81. The molecule has 0 amide bonds. The van der Waals surface area contributed by atoms with E-state index >= 15 is 0 Å². The second-order valence-corrected chi connectivity index (χ2v) is 5.46. The van der Waals surface area contributed by atoms with Gasteiger partial charge in [-0.1, -0.05) is 24.3 Å². The summed E-state index contributed by atoms with van der Waals surface area (Å²) in [5.74, 6) is 0.709. The number of benzene rings is 2. The molecular weight excluding hydrogens is 348 g/mol. The van der Waals surface area contributed by atoms with Crippen LogP contribution in [0, 0.1) is 0 Å². The van der Waals surface area contributed by atoms with Crippen LogP contribution in [0.2, 0.25) is 0 Å². The Bertz CT molecular complexity index is 921. The van der Waals surface area contributed by atoms with Crippen molar-refractivity contribution < 1.29 is 19.0 Å². The number of aromatic amines is 1. The number of rotatable bonds is 7. The van der Waals surface area contributed by atoms with Gasteiger partial charge in [0.25, 0.3) is 0 Å². The summed E-state index contributed by atoms with van der Waals surface area (Å²) in [6.45, 7) is 0.274. The summed E-state index contributed by atoms with van der Waals surface area (Å²) < 4.78 is 15.7. The van der Waals surface area contributed by atoms with Crippen molar-refractivity contribution in [2.75, 3.05) is 14.2 Å². The largest absolute Gasteiger partial charge is 0.503 e. The smallest absolute Gasteiger partial charge is 0.341 e. The quantitative estimate of drug-likeness (QED) is 0.390. The van der Waals surface area contributed by atoms with Gasteiger partial charge in [0.1, 0.15) is 17.9 Å². The number of nitrogens with zero attached hydrogens (tertiary/aromatic N) is 3. The Kier molecular flexibility index (Phi) is 5.78. The van der Waals surface area contributed by atoms with E-state index < -0.39 is 5.97 Å². The molecule has 1 heterocycles. The van der Waals surface area contributed by atoms with Crippen LogP contribution in [0.5, 0.6) is 5.75 Å². The van der Waals surface area contributed by atoms with E-state index in [1.54, 1.807) is 0 Å². The predicted octanol–water partition coefficient (Wildman–Crippen LogP) is 2.61. The van der Waals surface area contributed by atoms with Gasteiger partial charge in [0.15, 0.2) is 0 Å². The number of hydrogen-bond acceptors (Lipinski definition) is 7. The molecule has 1 aromatic heterocycles. The normalized spacial score (nSPS) is 11.1. The van der Waals surface area contributed by atoms with Crippen LogP contribution < -0.4 is 4.74 Å². The number of aromatic nitrogens is 4. The maximum absolute atomic E-state index is 12.0. The third-order valence-corrected chi connectivity index (χ3v) is 3.80. The number of tetrazole rings is 1. The molecule has 27 heavy (non-hydrogen) atoms. The van der Waals surface area contributed by atoms with E-state index in [1.165, 1.54) is 20.5 Å². The Hall–Kier alpha value is -3.68. The molecule has 0 unspecified atom stereocenters. The van der Waals surface area contributed by atoms with Gasteiger partial charge in [0, 0.05) is 5.56 Å². The molecule has 3 rings (SSSR count). The molecule has 0 atom stereocenters. The third-order valence-electron chi connectivity index (χ3n) is 3.80. The van der Waals surface area contributed by atoms with Crippen LogP contribution in [0.25, 0.3) is 17.0 Å². The molecule has 3 aromatic rings. The summed E-state index contributed by atoms with van der Waals surface area (Å²) in [6, 6.07) is 14.7. The standard InChI is InChI=1S/C19H18N4O4/c1-25-12-17(19(24)26-2)16-6-4-3-5-14(16)11-27-15-9-7-13(8-10-15)18-20-22-23-21-18/h3-10,12H,11H2,1-2H3,(H,20,21,22,23)/b17-12+. The maximum Gasteiger partial charge on any atom is 0.341 e. The Labute approximate surface area is 155 Å². The van der Waals surface area contributed by atoms with Crippen LogP contribution in [0.4, 0.5) is 0 Å². The number of esters is 1. The van der Waals surface area contributed by atoms with Crippen LogP contribution in [0.15, 0.2) is 54.8 Å². The minimum absolute atomic E-state index is 0.274. The van der Waals surface area contributed by atoms with Gasteiger partial charge in [0.05, 0.1) is 20.5 Å². The minimum Gasteiger partial charge on any atom is -0.503 e. The van der Waals surface area contributed by atoms with E-state index in [-0.39, 0.29) is 6.61 Å². The summed E-state index contributed by atoms with van der Waals surface area (Å²) >= 11 is 0. The van der Waals surface area contributed by atoms with Crippen LogP contribution in [-0.2, 0) is 20.9 Å². The van der Waals surface area contributed by atoms with Crippen LogP contribution in [0.3, 0.4) is 0 Å². The highest BCUT2D eigenvalue weighted by Crippen LogP contribution is 2.24. The molecule has 1 N–H and O–H groups in total. The second-order valence-electron chi connectivity index (χ2n) is 5.46. The fourth-order valence-corrected chi connectivity index (χ4v) is 2.50. The lowest BCUT2D eigenvalue weighted by Gasteiger charge is -2.13. The number of H-pyrrole nitrogens is 1. The molecule has 0 saturated carbocycles. The van der Waals surface area contributed by atoms with E-state index in [2.05, 4.69) is 20.6 Å². The highest BCUT2D eigenvalue weighted by molar-refractivity contribution is 6.16. The second kappa shape index (κ2) is 8.61. The van der Waals surface area contributed by atoms with Gasteiger partial charge in [-0.05, 0) is 40.6 Å². The molecule has 8 nitrogen and oxygen atoms in total. The Morgan fingerprint density at radius 2 is 1.89 bits per heavy atom. The summed E-state index contributed by atoms with van der Waals surface area (Å²) in [6.07, 6.45) is 1.37. The first-order valence-electron chi connectivity index (χ1n) is 8.09. The molecule has 0 aliphatic rings. The first-order chi connectivity index (χ1) is 13.2. The predicted molar refractivity (Wildman–Crippen MR) is 97.4 cm³/mol. The van der Waals surface area contributed by atoms with E-state index in [9.17, 15) is 4.79 Å². The van der Waals surface area contributed by atoms with Crippen molar-refractivity contribution in [3.05, 3.63) is 65.9 Å². The van der Waals surface area contributed by atoms with E-state index in [0.29, 0.717) is 22.7 Å². The van der Waals surface area contributed by atoms with Crippen molar-refractivity contribution in [2.45, 2.75) is 6.61 Å². The molecule has 0 aliphatic heterocycles. The van der Waals surface area contributed by atoms with Crippen molar-refractivity contribution in [1.29, 1.82) is 0 Å². The highest BCUT2D eigenvalue weighted by atomic mass is 16.5. The zero-order chi connectivity index (χ0) is 19.1. The Balaban J connectivity index is 1.77. The van der Waals surface area contributed by atoms with Gasteiger partial charge >= 0.3 is 5.97 Å². The van der Waals surface area contributed by atoms with Gasteiger partial charge in [-0.15, -0.1) is 10.2 Å². The van der Waals surface area contributed by atoms with Crippen molar-refractivity contribution >= 4 is 11.5 Å². The molecule has 0 radical (unpaired) electrons. The minimum atomic E-state index is -0.478. The van der Waals surface area contributed by atoms with Gasteiger partial charge in [-0.3, -0.25) is 0 Å². The first-order valence-corrected chi connectivity index (χ1v) is 8.09. The monoisotopic (exact) mass is 366 g/mol. The van der Waals surface area contributed by atoms with Crippen molar-refractivity contribution in [2.24, 2.45) is 0 Å². The molecule has 138 valence electrons. The van der Waals surface area contributed by atoms with E-state index in [4.69, 9.17) is 14.2 Å². The number of ether oxygens (including phenoxy) is 3. The van der Waals surface area contributed by atoms with Crippen LogP contribution in [-0.4, -0.2) is 40.8 Å². The van der Waals surface area contributed by atoms with Crippen LogP contribution in [0.1, 0.15) is 11.1 Å². The lowest BCUT2D eigenvalue weighted by molar-refractivity contribution is -0.133. The molecule has 0 spiro atoms. The van der Waals surface area contributed by atoms with Gasteiger partial charge in [-0.25, -0.2) is 4.79 Å². The fourth-order valence-electron chi connectivity index (χ4n) is 2.50. The molecule has 0 fully saturated rings. The SMILES string of the molecule is CO/C=C(/C(=O)OC)c1ccccc1COc1ccc(-c2nn[nH]n2)cc1. The average Bonchev–Trinajstić information content (AvgIpc) is 3.25. The van der Waals surface area contributed by atoms with Crippen molar-refractivity contribution in [1.82, 2.24) is 20.6 Å². The first kappa shape index (κ1) is 18.1. The highest BCUT2D eigenvalue weighted by Gasteiger charge is 2.16. The van der Waals surface area contributed by atoms with Crippen molar-refractivity contribution in [3.8, 4) is 17.1 Å². The number of carbonyl (C=O) groups is 1. The van der Waals surface area contributed by atoms with Crippen molar-refractivity contribution in [3.63, 3.8) is 0 Å². The van der Waals surface area contributed by atoms with Crippen LogP contribution >= 0.6 is 0 Å². The molecule has 8 heteroatoms. The van der Waals surface area contributed by atoms with Gasteiger partial charge in [0.2, 0.25) is 5.82 Å². The fraction of sp³-hybridized carbons (Fsp3) is 0.158. The molecule has 0 bridgehead atoms. The van der Waals surface area contributed by atoms with Gasteiger partial charge in [-0.2, -0.15) is 5.21 Å². The van der Waals surface area contributed by atoms with Gasteiger partial charge < -0.3 is 14.2 Å². The molecule has 0 aliphatic carbocycles. The summed E-state index contributed by atoms with van der Waals surface area (Å²) in [5, 5.41) is 13.8. The topological polar surface area (TPSA) is 99.2 Å². The Morgan fingerprint density at radius 3 is 2.56 bits per heavy atom. The van der Waals surface area contributed by atoms with E-state index in [0.717, 1.165) is 11.1 Å². The number of nitrogens with one attached hydrogen (secondary N) is 1. The third kappa shape index (κ3) is 4.30. The number of hydrogen-bond donors (Lipinski definition) is 1. The molecule has 2 aromatic carbocycles. The lowest BCUT2D eigenvalue weighted by Crippen LogP contribution is -2.08. The summed E-state index contributed by atoms with van der Waals surface area (Å²) in [5.41, 5.74) is 2.67. The number of methoxy groups -OCH3 is 2.